The van der Waals surface area contributed by atoms with E-state index in [4.69, 9.17) is 4.74 Å². The summed E-state index contributed by atoms with van der Waals surface area (Å²) in [4.78, 5) is 16.2. The molecule has 7 heteroatoms. The van der Waals surface area contributed by atoms with E-state index in [-0.39, 0.29) is 18.1 Å². The summed E-state index contributed by atoms with van der Waals surface area (Å²) in [5.41, 5.74) is -1.19. The number of fused-ring (bicyclic) bond motifs is 1. The third-order valence-corrected chi connectivity index (χ3v) is 4.78. The molecular weight excluding hydrogens is 303 g/mol. The Morgan fingerprint density at radius 2 is 2.14 bits per heavy atom. The number of ether oxygens (including phenoxy) is 1. The van der Waals surface area contributed by atoms with Gasteiger partial charge < -0.3 is 4.74 Å². The molecule has 0 N–H and O–H groups in total. The maximum atomic E-state index is 12.7. The Kier molecular flexibility index (Phi) is 3.20. The summed E-state index contributed by atoms with van der Waals surface area (Å²) < 4.78 is 43.8. The molecule has 3 nitrogen and oxygen atoms in total. The normalized spacial score (nSPS) is 17.0. The maximum absolute atomic E-state index is 12.7. The number of hydrogen-bond acceptors (Lipinski definition) is 4. The van der Waals surface area contributed by atoms with Crippen LogP contribution in [0, 0.1) is 0 Å². The molecule has 0 spiro atoms. The van der Waals surface area contributed by atoms with Gasteiger partial charge in [-0.2, -0.15) is 13.2 Å². The topological polar surface area (TPSA) is 39.2 Å². The van der Waals surface area contributed by atoms with Crippen molar-refractivity contribution in [2.45, 2.75) is 31.4 Å². The Labute approximate surface area is 122 Å². The molecule has 0 atom stereocenters. The summed E-state index contributed by atoms with van der Waals surface area (Å²) in [5.74, 6) is -0.333. The van der Waals surface area contributed by atoms with Gasteiger partial charge in [0.05, 0.1) is 22.4 Å². The zero-order valence-electron chi connectivity index (χ0n) is 11.2. The number of rotatable bonds is 3. The summed E-state index contributed by atoms with van der Waals surface area (Å²) in [5, 5.41) is 0.551. The monoisotopic (exact) mass is 315 g/mol. The Morgan fingerprint density at radius 3 is 2.71 bits per heavy atom. The van der Waals surface area contributed by atoms with Crippen LogP contribution in [-0.4, -0.2) is 17.6 Å². The number of aromatic nitrogens is 1. The van der Waals surface area contributed by atoms with Gasteiger partial charge in [0, 0.05) is 0 Å². The number of halogens is 3. The van der Waals surface area contributed by atoms with Crippen LogP contribution in [0.3, 0.4) is 0 Å². The van der Waals surface area contributed by atoms with Crippen molar-refractivity contribution in [3.63, 3.8) is 0 Å². The molecule has 0 bridgehead atoms. The van der Waals surface area contributed by atoms with Gasteiger partial charge in [-0.05, 0) is 38.0 Å². The molecule has 21 heavy (non-hydrogen) atoms. The second-order valence-electron chi connectivity index (χ2n) is 5.00. The third kappa shape index (κ3) is 2.39. The maximum Gasteiger partial charge on any atom is 0.416 e. The van der Waals surface area contributed by atoms with E-state index in [2.05, 4.69) is 4.98 Å². The van der Waals surface area contributed by atoms with E-state index in [0.29, 0.717) is 22.5 Å². The van der Waals surface area contributed by atoms with Crippen LogP contribution in [0.25, 0.3) is 10.2 Å². The lowest BCUT2D eigenvalue weighted by atomic mass is 10.1. The molecule has 1 aliphatic carbocycles. The van der Waals surface area contributed by atoms with Gasteiger partial charge >= 0.3 is 12.1 Å². The molecule has 1 heterocycles. The van der Waals surface area contributed by atoms with E-state index in [1.54, 1.807) is 6.92 Å². The first-order valence-corrected chi connectivity index (χ1v) is 7.34. The molecule has 1 fully saturated rings. The van der Waals surface area contributed by atoms with Crippen molar-refractivity contribution in [2.24, 2.45) is 0 Å². The summed E-state index contributed by atoms with van der Waals surface area (Å²) in [6, 6.07) is 3.46. The smallest absolute Gasteiger partial charge is 0.416 e. The number of esters is 1. The van der Waals surface area contributed by atoms with E-state index in [1.807, 2.05) is 0 Å². The Bertz CT molecular complexity index is 704. The lowest BCUT2D eigenvalue weighted by Crippen LogP contribution is -2.22. The molecular formula is C14H12F3NO2S. The summed E-state index contributed by atoms with van der Waals surface area (Å²) >= 11 is 1.26. The number of nitrogens with zero attached hydrogens (tertiary/aromatic N) is 1. The average Bonchev–Trinajstić information content (AvgIpc) is 3.11. The van der Waals surface area contributed by atoms with Crippen LogP contribution in [-0.2, 0) is 21.1 Å². The fourth-order valence-electron chi connectivity index (χ4n) is 2.21. The predicted octanol–water partition coefficient (Wildman–Crippen LogP) is 3.91. The fourth-order valence-corrected chi connectivity index (χ4v) is 3.39. The minimum absolute atomic E-state index is 0.278. The SMILES string of the molecule is CCOC(=O)C1(c2nc3cc(C(F)(F)F)ccc3s2)CC1. The number of thiazole rings is 1. The zero-order chi connectivity index (χ0) is 15.3. The van der Waals surface area contributed by atoms with Crippen LogP contribution in [0.5, 0.6) is 0 Å². The van der Waals surface area contributed by atoms with Gasteiger partial charge in [-0.1, -0.05) is 0 Å². The van der Waals surface area contributed by atoms with Crippen LogP contribution in [0.1, 0.15) is 30.3 Å². The molecule has 1 aliphatic rings. The number of carbonyl (C=O) groups is 1. The van der Waals surface area contributed by atoms with Crippen LogP contribution in [0.4, 0.5) is 13.2 Å². The molecule has 0 unspecified atom stereocenters. The van der Waals surface area contributed by atoms with Crippen molar-refractivity contribution < 1.29 is 22.7 Å². The molecule has 1 aromatic heterocycles. The van der Waals surface area contributed by atoms with Gasteiger partial charge in [0.1, 0.15) is 10.4 Å². The quantitative estimate of drug-likeness (QED) is 0.806. The second-order valence-corrected chi connectivity index (χ2v) is 6.03. The molecule has 2 aromatic rings. The van der Waals surface area contributed by atoms with E-state index in [0.717, 1.165) is 12.1 Å². The van der Waals surface area contributed by atoms with E-state index < -0.39 is 17.2 Å². The highest BCUT2D eigenvalue weighted by molar-refractivity contribution is 7.18. The van der Waals surface area contributed by atoms with Crippen molar-refractivity contribution in [1.29, 1.82) is 0 Å². The van der Waals surface area contributed by atoms with Crippen molar-refractivity contribution in [2.75, 3.05) is 6.61 Å². The van der Waals surface area contributed by atoms with E-state index >= 15 is 0 Å². The van der Waals surface area contributed by atoms with Gasteiger partial charge in [0.25, 0.3) is 0 Å². The summed E-state index contributed by atoms with van der Waals surface area (Å²) in [6.45, 7) is 2.01. The van der Waals surface area contributed by atoms with Gasteiger partial charge in [0.2, 0.25) is 0 Å². The van der Waals surface area contributed by atoms with Gasteiger partial charge in [-0.15, -0.1) is 11.3 Å². The lowest BCUT2D eigenvalue weighted by Gasteiger charge is -2.09. The highest BCUT2D eigenvalue weighted by Gasteiger charge is 2.55. The summed E-state index contributed by atoms with van der Waals surface area (Å²) in [6.07, 6.45) is -3.12. The van der Waals surface area contributed by atoms with Gasteiger partial charge in [-0.25, -0.2) is 4.98 Å². The third-order valence-electron chi connectivity index (χ3n) is 3.54. The number of alkyl halides is 3. The van der Waals surface area contributed by atoms with Gasteiger partial charge in [-0.3, -0.25) is 4.79 Å². The molecule has 0 saturated heterocycles. The van der Waals surface area contributed by atoms with Crippen LogP contribution in [0.15, 0.2) is 18.2 Å². The first-order valence-electron chi connectivity index (χ1n) is 6.52. The minimum Gasteiger partial charge on any atom is -0.465 e. The zero-order valence-corrected chi connectivity index (χ0v) is 12.0. The minimum atomic E-state index is -4.39. The Hall–Kier alpha value is -1.63. The largest absolute Gasteiger partial charge is 0.465 e. The molecule has 112 valence electrons. The summed E-state index contributed by atoms with van der Waals surface area (Å²) in [7, 11) is 0. The van der Waals surface area contributed by atoms with Crippen LogP contribution in [0.2, 0.25) is 0 Å². The van der Waals surface area contributed by atoms with Crippen LogP contribution >= 0.6 is 11.3 Å². The van der Waals surface area contributed by atoms with E-state index in [1.165, 1.54) is 17.4 Å². The molecule has 1 saturated carbocycles. The molecule has 0 radical (unpaired) electrons. The van der Waals surface area contributed by atoms with Crippen molar-refractivity contribution in [3.8, 4) is 0 Å². The first-order chi connectivity index (χ1) is 9.87. The van der Waals surface area contributed by atoms with Crippen molar-refractivity contribution in [3.05, 3.63) is 28.8 Å². The lowest BCUT2D eigenvalue weighted by molar-refractivity contribution is -0.146. The highest BCUT2D eigenvalue weighted by atomic mass is 32.1. The number of benzene rings is 1. The average molecular weight is 315 g/mol. The second kappa shape index (κ2) is 4.69. The van der Waals surface area contributed by atoms with Crippen molar-refractivity contribution in [1.82, 2.24) is 4.98 Å². The fraction of sp³-hybridized carbons (Fsp3) is 0.429. The predicted molar refractivity (Wildman–Crippen MR) is 72.2 cm³/mol. The Morgan fingerprint density at radius 1 is 1.43 bits per heavy atom. The van der Waals surface area contributed by atoms with E-state index in [9.17, 15) is 18.0 Å². The van der Waals surface area contributed by atoms with Crippen LogP contribution < -0.4 is 0 Å². The molecule has 1 aromatic carbocycles. The first kappa shape index (κ1) is 14.3. The van der Waals surface area contributed by atoms with Crippen molar-refractivity contribution >= 4 is 27.5 Å². The number of hydrogen-bond donors (Lipinski definition) is 0. The standard InChI is InChI=1S/C14H12F3NO2S/c1-2-20-12(19)13(5-6-13)11-18-9-7-8(14(15,16)17)3-4-10(9)21-11/h3-4,7H,2,5-6H2,1H3. The number of carbonyl (C=O) groups excluding carboxylic acids is 1. The highest BCUT2D eigenvalue weighted by Crippen LogP contribution is 2.51. The molecule has 3 rings (SSSR count). The Balaban J connectivity index is 2.00. The molecule has 0 aliphatic heterocycles. The van der Waals surface area contributed by atoms with Gasteiger partial charge in [0.15, 0.2) is 0 Å². The molecule has 0 amide bonds.